The fourth-order valence-corrected chi connectivity index (χ4v) is 10.9. The third-order valence-corrected chi connectivity index (χ3v) is 11.8. The number of aliphatic hydroxyl groups is 3. The first-order chi connectivity index (χ1) is 18.0. The lowest BCUT2D eigenvalue weighted by Crippen LogP contribution is -2.79. The van der Waals surface area contributed by atoms with Crippen LogP contribution in [0.3, 0.4) is 0 Å². The van der Waals surface area contributed by atoms with Crippen molar-refractivity contribution in [3.05, 3.63) is 11.1 Å². The third-order valence-electron chi connectivity index (χ3n) is 11.8. The minimum absolute atomic E-state index is 0.154. The van der Waals surface area contributed by atoms with Crippen molar-refractivity contribution >= 4 is 5.97 Å². The largest absolute Gasteiger partial charge is 0.455 e. The quantitative estimate of drug-likeness (QED) is 0.305. The first kappa shape index (κ1) is 27.1. The lowest BCUT2D eigenvalue weighted by atomic mass is 9.44. The standard InChI is InChI=1S/C28H43NO9/c1-8-29-11-25(12-34-4)16(31)9-17(35-5)26-10-15-18-13(2)27(18,33)24(37-7)23(32)28(15,38-14(3)30)19(22(26)29)20(36-6)21(25)26/h15-17,19-24,31-33H,8-12H2,1-7H3/t15?,16-,17+,19?,20?,21?,22?,23?,24+,25?,26?,27?,28-/m1/s1. The molecule has 1 heterocycles. The van der Waals surface area contributed by atoms with E-state index in [1.807, 2.05) is 6.92 Å². The number of carbonyl (C=O) groups is 1. The van der Waals surface area contributed by atoms with Gasteiger partial charge >= 0.3 is 5.97 Å². The second-order valence-corrected chi connectivity index (χ2v) is 12.6. The van der Waals surface area contributed by atoms with Crippen molar-refractivity contribution in [1.29, 1.82) is 0 Å². The van der Waals surface area contributed by atoms with Crippen LogP contribution in [0, 0.1) is 28.6 Å². The number of aliphatic hydroxyl groups excluding tert-OH is 2. The number of piperidine rings is 1. The van der Waals surface area contributed by atoms with Crippen LogP contribution in [0.2, 0.25) is 0 Å². The summed E-state index contributed by atoms with van der Waals surface area (Å²) in [5.74, 6) is -1.60. The molecule has 0 aromatic heterocycles. The summed E-state index contributed by atoms with van der Waals surface area (Å²) in [5.41, 5.74) is -2.35. The van der Waals surface area contributed by atoms with Crippen LogP contribution in [0.5, 0.6) is 0 Å². The molecule has 9 unspecified atom stereocenters. The molecule has 10 heteroatoms. The zero-order chi connectivity index (χ0) is 27.6. The highest BCUT2D eigenvalue weighted by Crippen LogP contribution is 2.78. The van der Waals surface area contributed by atoms with Crippen LogP contribution >= 0.6 is 0 Å². The number of hydrogen-bond donors (Lipinski definition) is 3. The molecule has 1 spiro atoms. The Balaban J connectivity index is 1.66. The van der Waals surface area contributed by atoms with E-state index in [9.17, 15) is 20.1 Å². The maximum atomic E-state index is 12.9. The van der Waals surface area contributed by atoms with Crippen molar-refractivity contribution in [2.24, 2.45) is 28.6 Å². The molecule has 0 aromatic rings. The molecule has 6 aliphatic rings. The topological polar surface area (TPSA) is 127 Å². The normalized spacial score (nSPS) is 54.4. The number of methoxy groups -OCH3 is 4. The Bertz CT molecular complexity index is 1050. The van der Waals surface area contributed by atoms with E-state index in [4.69, 9.17) is 23.7 Å². The number of hydrogen-bond acceptors (Lipinski definition) is 10. The molecule has 1 aliphatic heterocycles. The Morgan fingerprint density at radius 1 is 1.13 bits per heavy atom. The SMILES string of the molecule is CCN1CC2(COC)C3C(OC)C4C1C3(CC1C3=C(C)C3(O)[C@@H](OC)C(O)[C@@]14OC(C)=O)[C@@H](OC)C[C@H]2O. The lowest BCUT2D eigenvalue weighted by molar-refractivity contribution is -0.292. The van der Waals surface area contributed by atoms with Crippen molar-refractivity contribution in [3.63, 3.8) is 0 Å². The molecule has 5 fully saturated rings. The number of likely N-dealkylation sites (tertiary alicyclic amines) is 1. The predicted molar refractivity (Wildman–Crippen MR) is 134 cm³/mol. The highest BCUT2D eigenvalue weighted by atomic mass is 16.6. The van der Waals surface area contributed by atoms with Crippen LogP contribution in [0.25, 0.3) is 0 Å². The van der Waals surface area contributed by atoms with Crippen LogP contribution in [0.1, 0.15) is 33.6 Å². The molecular weight excluding hydrogens is 494 g/mol. The van der Waals surface area contributed by atoms with Gasteiger partial charge in [-0.1, -0.05) is 6.92 Å². The highest BCUT2D eigenvalue weighted by molar-refractivity contribution is 5.69. The Kier molecular flexibility index (Phi) is 6.02. The molecule has 214 valence electrons. The lowest BCUT2D eigenvalue weighted by Gasteiger charge is -2.69. The fraction of sp³-hybridized carbons (Fsp3) is 0.893. The Morgan fingerprint density at radius 3 is 2.39 bits per heavy atom. The summed E-state index contributed by atoms with van der Waals surface area (Å²) >= 11 is 0. The summed E-state index contributed by atoms with van der Waals surface area (Å²) in [5, 5.41) is 35.7. The van der Waals surface area contributed by atoms with Gasteiger partial charge in [0.1, 0.15) is 17.8 Å². The molecule has 0 aromatic carbocycles. The van der Waals surface area contributed by atoms with E-state index in [0.717, 1.165) is 11.1 Å². The van der Waals surface area contributed by atoms with E-state index in [2.05, 4.69) is 11.8 Å². The number of carbonyl (C=O) groups excluding carboxylic acids is 1. The van der Waals surface area contributed by atoms with Crippen molar-refractivity contribution < 1.29 is 43.8 Å². The van der Waals surface area contributed by atoms with Crippen LogP contribution in [0.15, 0.2) is 11.1 Å². The number of esters is 1. The van der Waals surface area contributed by atoms with Gasteiger partial charge in [0.2, 0.25) is 0 Å². The molecular formula is C28H43NO9. The Labute approximate surface area is 224 Å². The highest BCUT2D eigenvalue weighted by Gasteiger charge is 2.88. The summed E-state index contributed by atoms with van der Waals surface area (Å²) in [6, 6.07) is -0.154. The summed E-state index contributed by atoms with van der Waals surface area (Å²) in [4.78, 5) is 15.2. The van der Waals surface area contributed by atoms with E-state index < -0.39 is 64.3 Å². The first-order valence-electron chi connectivity index (χ1n) is 13.8. The van der Waals surface area contributed by atoms with Gasteiger partial charge in [0.25, 0.3) is 0 Å². The van der Waals surface area contributed by atoms with Crippen LogP contribution in [0.4, 0.5) is 0 Å². The second kappa shape index (κ2) is 8.45. The maximum absolute atomic E-state index is 12.9. The van der Waals surface area contributed by atoms with E-state index in [0.29, 0.717) is 32.5 Å². The fourth-order valence-electron chi connectivity index (χ4n) is 10.9. The van der Waals surface area contributed by atoms with Gasteiger partial charge in [0.15, 0.2) is 5.60 Å². The molecule has 0 amide bonds. The van der Waals surface area contributed by atoms with Crippen LogP contribution < -0.4 is 0 Å². The first-order valence-corrected chi connectivity index (χ1v) is 13.8. The minimum atomic E-state index is -1.39. The number of nitrogens with zero attached hydrogens (tertiary/aromatic N) is 1. The average molecular weight is 538 g/mol. The second-order valence-electron chi connectivity index (χ2n) is 12.6. The van der Waals surface area contributed by atoms with Crippen molar-refractivity contribution in [1.82, 2.24) is 4.90 Å². The van der Waals surface area contributed by atoms with Crippen molar-refractivity contribution in [2.45, 2.75) is 81.4 Å². The molecule has 10 nitrogen and oxygen atoms in total. The smallest absolute Gasteiger partial charge is 0.303 e. The summed E-state index contributed by atoms with van der Waals surface area (Å²) in [6.45, 7) is 6.96. The summed E-state index contributed by atoms with van der Waals surface area (Å²) in [7, 11) is 6.49. The molecule has 1 saturated heterocycles. The molecule has 5 aliphatic carbocycles. The van der Waals surface area contributed by atoms with E-state index in [-0.39, 0.29) is 18.1 Å². The molecule has 6 rings (SSSR count). The zero-order valence-corrected chi connectivity index (χ0v) is 23.5. The van der Waals surface area contributed by atoms with Crippen molar-refractivity contribution in [3.8, 4) is 0 Å². The van der Waals surface area contributed by atoms with Gasteiger partial charge in [-0.05, 0) is 31.0 Å². The maximum Gasteiger partial charge on any atom is 0.303 e. The van der Waals surface area contributed by atoms with Gasteiger partial charge in [-0.3, -0.25) is 9.69 Å². The van der Waals surface area contributed by atoms with Gasteiger partial charge in [-0.25, -0.2) is 0 Å². The monoisotopic (exact) mass is 537 g/mol. The number of rotatable bonds is 7. The van der Waals surface area contributed by atoms with Crippen LogP contribution in [-0.4, -0.2) is 122 Å². The molecule has 4 saturated carbocycles. The van der Waals surface area contributed by atoms with Gasteiger partial charge in [0, 0.05) is 83.0 Å². The predicted octanol–water partition coefficient (Wildman–Crippen LogP) is 0.123. The minimum Gasteiger partial charge on any atom is -0.455 e. The Hall–Kier alpha value is -1.11. The van der Waals surface area contributed by atoms with Gasteiger partial charge in [-0.15, -0.1) is 0 Å². The van der Waals surface area contributed by atoms with Gasteiger partial charge in [0.05, 0.1) is 24.9 Å². The Morgan fingerprint density at radius 2 is 1.84 bits per heavy atom. The van der Waals surface area contributed by atoms with E-state index in [1.165, 1.54) is 14.0 Å². The molecule has 5 bridgehead atoms. The molecule has 3 N–H and O–H groups in total. The van der Waals surface area contributed by atoms with Gasteiger partial charge < -0.3 is 39.0 Å². The number of fused-ring (bicyclic) bond motifs is 4. The zero-order valence-electron chi connectivity index (χ0n) is 23.5. The average Bonchev–Trinajstić information content (AvgIpc) is 3.37. The van der Waals surface area contributed by atoms with Crippen molar-refractivity contribution in [2.75, 3.05) is 48.1 Å². The summed E-state index contributed by atoms with van der Waals surface area (Å²) in [6.07, 6.45) is -2.77. The number of ether oxygens (including phenoxy) is 5. The van der Waals surface area contributed by atoms with Crippen LogP contribution in [-0.2, 0) is 28.5 Å². The van der Waals surface area contributed by atoms with Gasteiger partial charge in [-0.2, -0.15) is 0 Å². The third kappa shape index (κ3) is 2.70. The molecule has 13 atom stereocenters. The summed E-state index contributed by atoms with van der Waals surface area (Å²) < 4.78 is 30.5. The molecule has 0 radical (unpaired) electrons. The van der Waals surface area contributed by atoms with E-state index >= 15 is 0 Å². The van der Waals surface area contributed by atoms with E-state index in [1.54, 1.807) is 21.3 Å². The molecule has 38 heavy (non-hydrogen) atoms.